The molecule has 4 nitrogen and oxygen atoms in total. The molecule has 1 atom stereocenters. The van der Waals surface area contributed by atoms with Crippen molar-refractivity contribution in [1.29, 1.82) is 0 Å². The van der Waals surface area contributed by atoms with E-state index in [0.717, 1.165) is 13.0 Å². The summed E-state index contributed by atoms with van der Waals surface area (Å²) < 4.78 is 0. The van der Waals surface area contributed by atoms with E-state index in [1.54, 1.807) is 0 Å². The number of amides is 2. The van der Waals surface area contributed by atoms with Crippen molar-refractivity contribution in [3.63, 3.8) is 0 Å². The van der Waals surface area contributed by atoms with Gasteiger partial charge < -0.3 is 15.5 Å². The number of urea groups is 1. The molecular weight excluding hydrogens is 262 g/mol. The van der Waals surface area contributed by atoms with Crippen LogP contribution in [-0.2, 0) is 0 Å². The lowest BCUT2D eigenvalue weighted by molar-refractivity contribution is 0.232. The molecule has 2 N–H and O–H groups in total. The minimum Gasteiger partial charge on any atom is -0.338 e. The summed E-state index contributed by atoms with van der Waals surface area (Å²) in [5.74, 6) is 0.604. The first kappa shape index (κ1) is 17.5. The van der Waals surface area contributed by atoms with Gasteiger partial charge in [-0.3, -0.25) is 0 Å². The van der Waals surface area contributed by atoms with Gasteiger partial charge in [0, 0.05) is 13.1 Å². The maximum absolute atomic E-state index is 11.8. The molecule has 1 unspecified atom stereocenters. The number of benzene rings is 1. The van der Waals surface area contributed by atoms with Crippen LogP contribution >= 0.6 is 0 Å². The fraction of sp³-hybridized carbons (Fsp3) is 0.588. The van der Waals surface area contributed by atoms with E-state index in [9.17, 15) is 4.79 Å². The molecule has 0 heterocycles. The maximum Gasteiger partial charge on any atom is 0.314 e. The normalized spacial score (nSPS) is 12.5. The highest BCUT2D eigenvalue weighted by molar-refractivity contribution is 5.73. The Morgan fingerprint density at radius 1 is 1.14 bits per heavy atom. The van der Waals surface area contributed by atoms with Gasteiger partial charge in [0.15, 0.2) is 0 Å². The van der Waals surface area contributed by atoms with Crippen LogP contribution in [0.2, 0.25) is 0 Å². The van der Waals surface area contributed by atoms with E-state index >= 15 is 0 Å². The zero-order valence-corrected chi connectivity index (χ0v) is 13.9. The molecule has 0 aliphatic carbocycles. The highest BCUT2D eigenvalue weighted by atomic mass is 16.2. The molecular formula is C17H29N3O. The number of nitrogens with zero attached hydrogens (tertiary/aromatic N) is 1. The van der Waals surface area contributed by atoms with Crippen LogP contribution in [0.4, 0.5) is 4.79 Å². The quantitative estimate of drug-likeness (QED) is 0.811. The van der Waals surface area contributed by atoms with Crippen molar-refractivity contribution in [3.05, 3.63) is 35.4 Å². The summed E-state index contributed by atoms with van der Waals surface area (Å²) in [6.07, 6.45) is 1.00. The largest absolute Gasteiger partial charge is 0.338 e. The molecule has 118 valence electrons. The highest BCUT2D eigenvalue weighted by Gasteiger charge is 2.14. The second kappa shape index (κ2) is 8.67. The summed E-state index contributed by atoms with van der Waals surface area (Å²) >= 11 is 0. The van der Waals surface area contributed by atoms with E-state index in [-0.39, 0.29) is 12.1 Å². The van der Waals surface area contributed by atoms with Gasteiger partial charge in [-0.05, 0) is 38.9 Å². The predicted octanol–water partition coefficient (Wildman–Crippen LogP) is 2.94. The van der Waals surface area contributed by atoms with Crippen molar-refractivity contribution in [2.45, 2.75) is 33.2 Å². The van der Waals surface area contributed by atoms with Crippen LogP contribution in [0.15, 0.2) is 24.3 Å². The van der Waals surface area contributed by atoms with E-state index in [0.29, 0.717) is 12.5 Å². The molecule has 0 aromatic heterocycles. The van der Waals surface area contributed by atoms with Crippen LogP contribution in [0.1, 0.15) is 37.4 Å². The molecule has 0 saturated carbocycles. The van der Waals surface area contributed by atoms with E-state index in [1.807, 2.05) is 14.1 Å². The smallest absolute Gasteiger partial charge is 0.314 e. The minimum atomic E-state index is -0.0883. The molecule has 0 aliphatic heterocycles. The topological polar surface area (TPSA) is 44.4 Å². The van der Waals surface area contributed by atoms with Crippen molar-refractivity contribution in [3.8, 4) is 0 Å². The fourth-order valence-corrected chi connectivity index (χ4v) is 2.11. The van der Waals surface area contributed by atoms with Gasteiger partial charge in [0.1, 0.15) is 0 Å². The van der Waals surface area contributed by atoms with Crippen molar-refractivity contribution >= 4 is 6.03 Å². The van der Waals surface area contributed by atoms with Gasteiger partial charge in [-0.15, -0.1) is 0 Å². The van der Waals surface area contributed by atoms with Crippen molar-refractivity contribution in [2.75, 3.05) is 27.2 Å². The fourth-order valence-electron chi connectivity index (χ4n) is 2.11. The first-order valence-electron chi connectivity index (χ1n) is 7.65. The Hall–Kier alpha value is -1.55. The Balaban J connectivity index is 2.48. The van der Waals surface area contributed by atoms with Gasteiger partial charge >= 0.3 is 6.03 Å². The zero-order chi connectivity index (χ0) is 15.8. The molecule has 0 fully saturated rings. The Labute approximate surface area is 128 Å². The van der Waals surface area contributed by atoms with E-state index < -0.39 is 0 Å². The third kappa shape index (κ3) is 6.63. The average Bonchev–Trinajstić information content (AvgIpc) is 2.40. The minimum absolute atomic E-state index is 0.0883. The second-order valence-corrected chi connectivity index (χ2v) is 6.21. The van der Waals surface area contributed by atoms with Gasteiger partial charge in [0.2, 0.25) is 0 Å². The van der Waals surface area contributed by atoms with Crippen molar-refractivity contribution < 1.29 is 4.79 Å². The molecule has 0 radical (unpaired) electrons. The molecule has 1 aromatic carbocycles. The third-order valence-electron chi connectivity index (χ3n) is 3.55. The molecule has 0 aliphatic rings. The lowest BCUT2D eigenvalue weighted by atomic mass is 10.0. The SMILES string of the molecule is Cc1ccc(C(CNC(=O)NCCC(C)C)N(C)C)cc1. The van der Waals surface area contributed by atoms with Gasteiger partial charge in [-0.2, -0.15) is 0 Å². The maximum atomic E-state index is 11.8. The van der Waals surface area contributed by atoms with Crippen LogP contribution in [0.5, 0.6) is 0 Å². The van der Waals surface area contributed by atoms with E-state index in [4.69, 9.17) is 0 Å². The first-order valence-corrected chi connectivity index (χ1v) is 7.65. The van der Waals surface area contributed by atoms with Crippen molar-refractivity contribution in [1.82, 2.24) is 15.5 Å². The Bertz CT molecular complexity index is 426. The van der Waals surface area contributed by atoms with E-state index in [2.05, 4.69) is 60.6 Å². The highest BCUT2D eigenvalue weighted by Crippen LogP contribution is 2.17. The van der Waals surface area contributed by atoms with Crippen LogP contribution in [-0.4, -0.2) is 38.1 Å². The lowest BCUT2D eigenvalue weighted by Gasteiger charge is -2.25. The molecule has 1 rings (SSSR count). The average molecular weight is 291 g/mol. The van der Waals surface area contributed by atoms with Crippen LogP contribution in [0.3, 0.4) is 0 Å². The molecule has 0 spiro atoms. The third-order valence-corrected chi connectivity index (χ3v) is 3.55. The molecule has 4 heteroatoms. The van der Waals surface area contributed by atoms with Crippen LogP contribution < -0.4 is 10.6 Å². The number of hydrogen-bond donors (Lipinski definition) is 2. The van der Waals surface area contributed by atoms with Crippen molar-refractivity contribution in [2.24, 2.45) is 5.92 Å². The number of rotatable bonds is 7. The number of carbonyl (C=O) groups excluding carboxylic acids is 1. The van der Waals surface area contributed by atoms with Crippen LogP contribution in [0.25, 0.3) is 0 Å². The number of carbonyl (C=O) groups is 1. The summed E-state index contributed by atoms with van der Waals surface area (Å²) in [5.41, 5.74) is 2.46. The van der Waals surface area contributed by atoms with Gasteiger partial charge in [0.25, 0.3) is 0 Å². The van der Waals surface area contributed by atoms with Crippen LogP contribution in [0, 0.1) is 12.8 Å². The van der Waals surface area contributed by atoms with Gasteiger partial charge in [0.05, 0.1) is 6.04 Å². The summed E-state index contributed by atoms with van der Waals surface area (Å²) in [6.45, 7) is 7.71. The Morgan fingerprint density at radius 3 is 2.29 bits per heavy atom. The lowest BCUT2D eigenvalue weighted by Crippen LogP contribution is -2.41. The van der Waals surface area contributed by atoms with Gasteiger partial charge in [-0.1, -0.05) is 43.7 Å². The molecule has 1 aromatic rings. The number of likely N-dealkylation sites (N-methyl/N-ethyl adjacent to an activating group) is 1. The standard InChI is InChI=1S/C17H29N3O/c1-13(2)10-11-18-17(21)19-12-16(20(4)5)15-8-6-14(3)7-9-15/h6-9,13,16H,10-12H2,1-5H3,(H2,18,19,21). The Kier molecular flexibility index (Phi) is 7.23. The summed E-state index contributed by atoms with van der Waals surface area (Å²) in [5, 5.41) is 5.86. The number of nitrogens with one attached hydrogen (secondary N) is 2. The van der Waals surface area contributed by atoms with Gasteiger partial charge in [-0.25, -0.2) is 4.79 Å². The van der Waals surface area contributed by atoms with E-state index in [1.165, 1.54) is 11.1 Å². The monoisotopic (exact) mass is 291 g/mol. The molecule has 0 saturated heterocycles. The molecule has 0 bridgehead atoms. The first-order chi connectivity index (χ1) is 9.90. The zero-order valence-electron chi connectivity index (χ0n) is 13.9. The summed E-state index contributed by atoms with van der Waals surface area (Å²) in [7, 11) is 4.06. The molecule has 21 heavy (non-hydrogen) atoms. The predicted molar refractivity (Wildman–Crippen MR) is 88.5 cm³/mol. The Morgan fingerprint density at radius 2 is 1.76 bits per heavy atom. The summed E-state index contributed by atoms with van der Waals surface area (Å²) in [6, 6.07) is 8.55. The second-order valence-electron chi connectivity index (χ2n) is 6.21. The number of hydrogen-bond acceptors (Lipinski definition) is 2. The molecule has 2 amide bonds. The summed E-state index contributed by atoms with van der Waals surface area (Å²) in [4.78, 5) is 13.9. The number of aryl methyl sites for hydroxylation is 1.